The third-order valence-electron chi connectivity index (χ3n) is 5.85. The minimum atomic E-state index is -0.561. The van der Waals surface area contributed by atoms with E-state index in [1.165, 1.54) is 0 Å². The molecule has 1 aliphatic rings. The fourth-order valence-corrected chi connectivity index (χ4v) is 4.38. The first-order valence-corrected chi connectivity index (χ1v) is 12.3. The molecular weight excluding hydrogens is 492 g/mol. The van der Waals surface area contributed by atoms with Crippen LogP contribution in [0.3, 0.4) is 0 Å². The average Bonchev–Trinajstić information content (AvgIpc) is 3.28. The zero-order chi connectivity index (χ0) is 23.1. The molecule has 2 aromatic rings. The highest BCUT2D eigenvalue weighted by Crippen LogP contribution is 2.23. The standard InChI is InChI=1S/C25H30BrClN2O3/c1-3-23(25(31)28-20-6-4-5-7-20)29(15-18-8-10-19(27)11-9-18)24(30)16-32-21-12-13-22(26)17(2)14-21/h8-14,20,23H,3-7,15-16H2,1-2H3,(H,28,31)/t23-/m0/s1. The summed E-state index contributed by atoms with van der Waals surface area (Å²) in [6.45, 7) is 4.07. The molecule has 0 heterocycles. The second-order valence-corrected chi connectivity index (χ2v) is 9.55. The summed E-state index contributed by atoms with van der Waals surface area (Å²) < 4.78 is 6.77. The van der Waals surface area contributed by atoms with Crippen LogP contribution in [0.25, 0.3) is 0 Å². The first-order chi connectivity index (χ1) is 15.4. The molecule has 172 valence electrons. The van der Waals surface area contributed by atoms with Gasteiger partial charge in [0, 0.05) is 22.1 Å². The van der Waals surface area contributed by atoms with Gasteiger partial charge in [0.15, 0.2) is 6.61 Å². The molecule has 1 fully saturated rings. The molecule has 1 aliphatic carbocycles. The number of nitrogens with zero attached hydrogens (tertiary/aromatic N) is 1. The molecular formula is C25H30BrClN2O3. The molecule has 0 aliphatic heterocycles. The van der Waals surface area contributed by atoms with Gasteiger partial charge in [-0.15, -0.1) is 0 Å². The maximum Gasteiger partial charge on any atom is 0.261 e. The molecule has 0 bridgehead atoms. The van der Waals surface area contributed by atoms with Crippen LogP contribution in [0.1, 0.15) is 50.2 Å². The second-order valence-electron chi connectivity index (χ2n) is 8.26. The van der Waals surface area contributed by atoms with E-state index in [0.717, 1.165) is 41.3 Å². The van der Waals surface area contributed by atoms with Gasteiger partial charge in [0.1, 0.15) is 11.8 Å². The van der Waals surface area contributed by atoms with Crippen LogP contribution in [0.5, 0.6) is 5.75 Å². The lowest BCUT2D eigenvalue weighted by Crippen LogP contribution is -2.52. The predicted molar refractivity (Wildman–Crippen MR) is 131 cm³/mol. The summed E-state index contributed by atoms with van der Waals surface area (Å²) in [4.78, 5) is 28.0. The Labute approximate surface area is 203 Å². The van der Waals surface area contributed by atoms with Crippen LogP contribution in [0.4, 0.5) is 0 Å². The van der Waals surface area contributed by atoms with Gasteiger partial charge < -0.3 is 15.0 Å². The number of hydrogen-bond donors (Lipinski definition) is 1. The summed E-state index contributed by atoms with van der Waals surface area (Å²) in [5, 5.41) is 3.78. The van der Waals surface area contributed by atoms with Crippen molar-refractivity contribution < 1.29 is 14.3 Å². The number of ether oxygens (including phenoxy) is 1. The number of amides is 2. The first-order valence-electron chi connectivity index (χ1n) is 11.1. The predicted octanol–water partition coefficient (Wildman–Crippen LogP) is 5.66. The smallest absolute Gasteiger partial charge is 0.261 e. The van der Waals surface area contributed by atoms with Crippen LogP contribution in [-0.2, 0) is 16.1 Å². The Kier molecular flexibility index (Phi) is 9.00. The van der Waals surface area contributed by atoms with Crippen LogP contribution in [0.15, 0.2) is 46.9 Å². The minimum absolute atomic E-state index is 0.0961. The molecule has 1 saturated carbocycles. The summed E-state index contributed by atoms with van der Waals surface area (Å²) in [5.41, 5.74) is 1.93. The fourth-order valence-electron chi connectivity index (χ4n) is 4.01. The second kappa shape index (κ2) is 11.7. The van der Waals surface area contributed by atoms with Crippen LogP contribution in [0.2, 0.25) is 5.02 Å². The molecule has 1 N–H and O–H groups in total. The summed E-state index contributed by atoms with van der Waals surface area (Å²) in [5.74, 6) is 0.295. The summed E-state index contributed by atoms with van der Waals surface area (Å²) in [6, 6.07) is 12.6. The molecule has 3 rings (SSSR count). The lowest BCUT2D eigenvalue weighted by atomic mass is 10.1. The summed E-state index contributed by atoms with van der Waals surface area (Å²) in [6.07, 6.45) is 4.79. The number of hydrogen-bond acceptors (Lipinski definition) is 3. The molecule has 0 radical (unpaired) electrons. The van der Waals surface area contributed by atoms with E-state index in [4.69, 9.17) is 16.3 Å². The number of nitrogens with one attached hydrogen (secondary N) is 1. The minimum Gasteiger partial charge on any atom is -0.484 e. The van der Waals surface area contributed by atoms with Gasteiger partial charge in [-0.3, -0.25) is 9.59 Å². The highest BCUT2D eigenvalue weighted by molar-refractivity contribution is 9.10. The van der Waals surface area contributed by atoms with Gasteiger partial charge in [0.25, 0.3) is 5.91 Å². The summed E-state index contributed by atoms with van der Waals surface area (Å²) >= 11 is 9.49. The molecule has 0 aromatic heterocycles. The highest BCUT2D eigenvalue weighted by atomic mass is 79.9. The van der Waals surface area contributed by atoms with Crippen molar-refractivity contribution in [2.24, 2.45) is 0 Å². The van der Waals surface area contributed by atoms with Crippen LogP contribution in [-0.4, -0.2) is 35.4 Å². The number of benzene rings is 2. The van der Waals surface area contributed by atoms with Gasteiger partial charge in [-0.25, -0.2) is 0 Å². The zero-order valence-corrected chi connectivity index (χ0v) is 20.9. The van der Waals surface area contributed by atoms with Gasteiger partial charge in [-0.2, -0.15) is 0 Å². The Hall–Kier alpha value is -2.05. The van der Waals surface area contributed by atoms with Crippen molar-refractivity contribution in [3.63, 3.8) is 0 Å². The van der Waals surface area contributed by atoms with Crippen molar-refractivity contribution in [3.05, 3.63) is 63.1 Å². The molecule has 32 heavy (non-hydrogen) atoms. The Balaban J connectivity index is 1.75. The Morgan fingerprint density at radius 3 is 2.50 bits per heavy atom. The maximum absolute atomic E-state index is 13.3. The maximum atomic E-state index is 13.3. The van der Waals surface area contributed by atoms with Gasteiger partial charge in [0.2, 0.25) is 5.91 Å². The van der Waals surface area contributed by atoms with Crippen molar-refractivity contribution in [2.45, 2.75) is 64.6 Å². The highest BCUT2D eigenvalue weighted by Gasteiger charge is 2.30. The third kappa shape index (κ3) is 6.72. The van der Waals surface area contributed by atoms with E-state index in [2.05, 4.69) is 21.2 Å². The van der Waals surface area contributed by atoms with Gasteiger partial charge in [-0.1, -0.05) is 59.4 Å². The molecule has 1 atom stereocenters. The molecule has 7 heteroatoms. The monoisotopic (exact) mass is 520 g/mol. The number of carbonyl (C=O) groups is 2. The van der Waals surface area contributed by atoms with Crippen LogP contribution >= 0.6 is 27.5 Å². The topological polar surface area (TPSA) is 58.6 Å². The quantitative estimate of drug-likeness (QED) is 0.463. The van der Waals surface area contributed by atoms with Crippen molar-refractivity contribution in [1.29, 1.82) is 0 Å². The number of halogens is 2. The van der Waals surface area contributed by atoms with E-state index >= 15 is 0 Å². The zero-order valence-electron chi connectivity index (χ0n) is 18.6. The van der Waals surface area contributed by atoms with Crippen LogP contribution in [0, 0.1) is 6.92 Å². The SMILES string of the molecule is CC[C@@H](C(=O)NC1CCCC1)N(Cc1ccc(Cl)cc1)C(=O)COc1ccc(Br)c(C)c1. The molecule has 5 nitrogen and oxygen atoms in total. The molecule has 0 spiro atoms. The summed E-state index contributed by atoms with van der Waals surface area (Å²) in [7, 11) is 0. The first kappa shape index (κ1) is 24.6. The lowest BCUT2D eigenvalue weighted by Gasteiger charge is -2.31. The Morgan fingerprint density at radius 1 is 1.19 bits per heavy atom. The van der Waals surface area contributed by atoms with Gasteiger partial charge >= 0.3 is 0 Å². The van der Waals surface area contributed by atoms with E-state index in [1.54, 1.807) is 17.0 Å². The number of aryl methyl sites for hydroxylation is 1. The van der Waals surface area contributed by atoms with E-state index in [-0.39, 0.29) is 24.5 Å². The van der Waals surface area contributed by atoms with E-state index < -0.39 is 6.04 Å². The number of carbonyl (C=O) groups excluding carboxylic acids is 2. The van der Waals surface area contributed by atoms with E-state index in [9.17, 15) is 9.59 Å². The molecule has 0 saturated heterocycles. The van der Waals surface area contributed by atoms with Crippen LogP contribution < -0.4 is 10.1 Å². The van der Waals surface area contributed by atoms with Gasteiger partial charge in [0.05, 0.1) is 0 Å². The van der Waals surface area contributed by atoms with E-state index in [0.29, 0.717) is 23.7 Å². The molecule has 2 aromatic carbocycles. The Bertz CT molecular complexity index is 929. The third-order valence-corrected chi connectivity index (χ3v) is 6.99. The Morgan fingerprint density at radius 2 is 1.88 bits per heavy atom. The number of rotatable bonds is 9. The van der Waals surface area contributed by atoms with Gasteiger partial charge in [-0.05, 0) is 67.6 Å². The van der Waals surface area contributed by atoms with Crippen molar-refractivity contribution >= 4 is 39.3 Å². The van der Waals surface area contributed by atoms with Crippen molar-refractivity contribution in [2.75, 3.05) is 6.61 Å². The lowest BCUT2D eigenvalue weighted by molar-refractivity contribution is -0.143. The average molecular weight is 522 g/mol. The molecule has 0 unspecified atom stereocenters. The van der Waals surface area contributed by atoms with Crippen molar-refractivity contribution in [1.82, 2.24) is 10.2 Å². The fraction of sp³-hybridized carbons (Fsp3) is 0.440. The molecule has 2 amide bonds. The van der Waals surface area contributed by atoms with E-state index in [1.807, 2.05) is 44.2 Å². The van der Waals surface area contributed by atoms with Crippen molar-refractivity contribution in [3.8, 4) is 5.75 Å². The normalized spacial score (nSPS) is 14.8. The largest absolute Gasteiger partial charge is 0.484 e.